The van der Waals surface area contributed by atoms with E-state index in [2.05, 4.69) is 35.1 Å². The number of aromatic amines is 2. The van der Waals surface area contributed by atoms with Crippen molar-refractivity contribution in [2.45, 2.75) is 49.0 Å². The molecule has 0 aromatic carbocycles. The molecule has 4 aromatic rings. The number of anilines is 1. The third-order valence-electron chi connectivity index (χ3n) is 7.01. The first-order valence-corrected chi connectivity index (χ1v) is 15.2. The van der Waals surface area contributed by atoms with Crippen LogP contribution in [0.25, 0.3) is 22.2 Å². The van der Waals surface area contributed by atoms with Crippen LogP contribution in [0.5, 0.6) is 0 Å². The van der Waals surface area contributed by atoms with Crippen LogP contribution in [0.3, 0.4) is 0 Å². The molecule has 236 valence electrons. The van der Waals surface area contributed by atoms with Gasteiger partial charge in [-0.15, -0.1) is 9.42 Å². The molecule has 10 atom stereocenters. The molecular weight excluding hydrogens is 636 g/mol. The standard InChI is InChI=1S/C20H23N9O13P2/c21-17-11-18(24-4-23-17)29(5-26-11)20-13(32)14(41-43(34)35)7(40-20)2-38-44(36,37)42-16-12(31)6(1-30)39-15(16)9-8-10(28-27-9)19(33)25-3-22-8/h3-7,12-16,20,30-32H,1-2H2,(H5-,21,22,23,24,25,27,28,33,34,35,36,37)/p+1/t6-,7-,12-,13-,14-,15+,16-,20-/m1/s1. The molecule has 2 aliphatic heterocycles. The van der Waals surface area contributed by atoms with Crippen molar-refractivity contribution in [1.82, 2.24) is 39.7 Å². The molecule has 44 heavy (non-hydrogen) atoms. The van der Waals surface area contributed by atoms with Gasteiger partial charge in [0.05, 0.1) is 31.6 Å². The van der Waals surface area contributed by atoms with Crippen molar-refractivity contribution in [3.63, 3.8) is 0 Å². The second-order valence-electron chi connectivity index (χ2n) is 9.62. The third-order valence-corrected chi connectivity index (χ3v) is 8.42. The molecule has 4 aromatic heterocycles. The summed E-state index contributed by atoms with van der Waals surface area (Å²) in [6, 6.07) is 0. The summed E-state index contributed by atoms with van der Waals surface area (Å²) < 4.78 is 52.6. The monoisotopic (exact) mass is 660 g/mol. The highest BCUT2D eigenvalue weighted by atomic mass is 31.2. The zero-order valence-electron chi connectivity index (χ0n) is 21.9. The Balaban J connectivity index is 1.22. The molecular formula is C20H24N9O13P2+. The van der Waals surface area contributed by atoms with E-state index in [1.165, 1.54) is 10.9 Å². The van der Waals surface area contributed by atoms with E-state index in [-0.39, 0.29) is 33.7 Å². The Morgan fingerprint density at radius 2 is 1.89 bits per heavy atom. The minimum absolute atomic E-state index is 0.00778. The summed E-state index contributed by atoms with van der Waals surface area (Å²) in [5.74, 6) is 0.0382. The molecule has 0 spiro atoms. The van der Waals surface area contributed by atoms with Crippen molar-refractivity contribution in [2.75, 3.05) is 18.9 Å². The van der Waals surface area contributed by atoms with Crippen LogP contribution in [0, 0.1) is 0 Å². The fraction of sp³-hybridized carbons (Fsp3) is 0.500. The number of aliphatic hydroxyl groups excluding tert-OH is 3. The minimum Gasteiger partial charge on any atom is -0.394 e. The van der Waals surface area contributed by atoms with Crippen LogP contribution in [-0.2, 0) is 32.2 Å². The number of phosphoric ester groups is 1. The quantitative estimate of drug-likeness (QED) is 0.0826. The van der Waals surface area contributed by atoms with E-state index in [1.54, 1.807) is 0 Å². The number of H-pyrrole nitrogens is 2. The highest BCUT2D eigenvalue weighted by molar-refractivity contribution is 7.47. The maximum atomic E-state index is 13.1. The topological polar surface area (TPSA) is 325 Å². The van der Waals surface area contributed by atoms with Gasteiger partial charge in [-0.2, -0.15) is 5.10 Å². The summed E-state index contributed by atoms with van der Waals surface area (Å²) in [6.07, 6.45) is -8.46. The van der Waals surface area contributed by atoms with Crippen LogP contribution in [0.4, 0.5) is 5.82 Å². The molecule has 2 fully saturated rings. The second kappa shape index (κ2) is 11.9. The maximum absolute atomic E-state index is 13.1. The summed E-state index contributed by atoms with van der Waals surface area (Å²) in [7, 11) is -8.42. The van der Waals surface area contributed by atoms with Crippen molar-refractivity contribution in [2.24, 2.45) is 0 Å². The van der Waals surface area contributed by atoms with Crippen LogP contribution in [0.1, 0.15) is 18.0 Å². The van der Waals surface area contributed by atoms with Gasteiger partial charge >= 0.3 is 16.1 Å². The lowest BCUT2D eigenvalue weighted by Gasteiger charge is -2.23. The first-order valence-electron chi connectivity index (χ1n) is 12.6. The van der Waals surface area contributed by atoms with E-state index < -0.39 is 83.8 Å². The van der Waals surface area contributed by atoms with Gasteiger partial charge in [-0.05, 0) is 0 Å². The number of ether oxygens (including phenoxy) is 2. The van der Waals surface area contributed by atoms with Gasteiger partial charge < -0.3 is 40.4 Å². The van der Waals surface area contributed by atoms with Gasteiger partial charge in [0.15, 0.2) is 29.3 Å². The molecule has 0 radical (unpaired) electrons. The Kier molecular flexibility index (Phi) is 8.26. The van der Waals surface area contributed by atoms with Gasteiger partial charge in [0.2, 0.25) is 0 Å². The highest BCUT2D eigenvalue weighted by Gasteiger charge is 2.53. The molecule has 6 heterocycles. The van der Waals surface area contributed by atoms with Crippen molar-refractivity contribution < 1.29 is 57.3 Å². The number of nitrogens with zero attached hydrogens (tertiary/aromatic N) is 6. The lowest BCUT2D eigenvalue weighted by Crippen LogP contribution is -2.36. The van der Waals surface area contributed by atoms with E-state index in [4.69, 9.17) is 28.8 Å². The molecule has 6 rings (SSSR count). The Hall–Kier alpha value is -3.37. The summed E-state index contributed by atoms with van der Waals surface area (Å²) >= 11 is 0. The van der Waals surface area contributed by atoms with Crippen LogP contribution in [0.15, 0.2) is 23.8 Å². The Bertz CT molecular complexity index is 1800. The van der Waals surface area contributed by atoms with Crippen LogP contribution in [-0.4, -0.2) is 115 Å². The van der Waals surface area contributed by atoms with E-state index in [0.29, 0.717) is 0 Å². The van der Waals surface area contributed by atoms with Crippen molar-refractivity contribution in [3.8, 4) is 0 Å². The van der Waals surface area contributed by atoms with E-state index in [1.807, 2.05) is 0 Å². The number of rotatable bonds is 10. The molecule has 2 unspecified atom stereocenters. The SMILES string of the molecule is Nc1ncnc2c1ncn2[C@@H]1O[C@H](COP(=O)(O)O[C@@H]2[C@H](O)[C@@H](CO)O[C@H]2c2[nH]nc3c(=O)[nH]cnc23)[C@@H](O[P+](=O)O)[C@H]1O. The zero-order chi connectivity index (χ0) is 31.3. The molecule has 0 amide bonds. The van der Waals surface area contributed by atoms with Gasteiger partial charge in [-0.25, -0.2) is 24.5 Å². The number of aliphatic hydroxyl groups is 3. The third kappa shape index (κ3) is 5.51. The number of imidazole rings is 1. The summed E-state index contributed by atoms with van der Waals surface area (Å²) in [4.78, 5) is 50.4. The first-order chi connectivity index (χ1) is 21.0. The van der Waals surface area contributed by atoms with Gasteiger partial charge in [0.25, 0.3) is 5.56 Å². The lowest BCUT2D eigenvalue weighted by atomic mass is 10.1. The number of aromatic nitrogens is 8. The number of nitrogens with one attached hydrogen (secondary N) is 2. The molecule has 2 saturated heterocycles. The van der Waals surface area contributed by atoms with Gasteiger partial charge in [-0.1, -0.05) is 0 Å². The van der Waals surface area contributed by atoms with Crippen LogP contribution in [0.2, 0.25) is 0 Å². The number of nitrogens with two attached hydrogens (primary N) is 1. The molecule has 22 nitrogen and oxygen atoms in total. The average molecular weight is 660 g/mol. The van der Waals surface area contributed by atoms with E-state index >= 15 is 0 Å². The second-order valence-corrected chi connectivity index (χ2v) is 11.7. The molecule has 0 aliphatic carbocycles. The zero-order valence-corrected chi connectivity index (χ0v) is 23.7. The summed E-state index contributed by atoms with van der Waals surface area (Å²) in [5, 5.41) is 37.7. The van der Waals surface area contributed by atoms with Crippen molar-refractivity contribution >= 4 is 44.1 Å². The van der Waals surface area contributed by atoms with Crippen molar-refractivity contribution in [1.29, 1.82) is 0 Å². The van der Waals surface area contributed by atoms with Gasteiger partial charge in [-0.3, -0.25) is 23.5 Å². The predicted molar refractivity (Wildman–Crippen MR) is 140 cm³/mol. The highest BCUT2D eigenvalue weighted by Crippen LogP contribution is 2.51. The molecule has 0 bridgehead atoms. The Labute approximate surface area is 244 Å². The number of hydrogen-bond donors (Lipinski definition) is 8. The summed E-state index contributed by atoms with van der Waals surface area (Å²) in [5.41, 5.74) is 5.44. The van der Waals surface area contributed by atoms with E-state index in [0.717, 1.165) is 12.7 Å². The van der Waals surface area contributed by atoms with Gasteiger partial charge in [0, 0.05) is 4.57 Å². The molecule has 2 aliphatic rings. The Morgan fingerprint density at radius 1 is 1.09 bits per heavy atom. The first kappa shape index (κ1) is 30.6. The number of fused-ring (bicyclic) bond motifs is 2. The smallest absolute Gasteiger partial charge is 0.394 e. The van der Waals surface area contributed by atoms with Crippen LogP contribution < -0.4 is 11.3 Å². The molecule has 24 heteroatoms. The largest absolute Gasteiger partial charge is 0.695 e. The Morgan fingerprint density at radius 3 is 2.64 bits per heavy atom. The number of phosphoric acid groups is 1. The summed E-state index contributed by atoms with van der Waals surface area (Å²) in [6.45, 7) is -1.54. The fourth-order valence-corrected chi connectivity index (χ4v) is 6.43. The van der Waals surface area contributed by atoms with Crippen LogP contribution >= 0.6 is 16.1 Å². The average Bonchev–Trinajstić information content (AvgIpc) is 3.74. The van der Waals surface area contributed by atoms with Gasteiger partial charge in [0.1, 0.15) is 54.0 Å². The number of nitrogen functional groups attached to an aromatic ring is 1. The van der Waals surface area contributed by atoms with E-state index in [9.17, 15) is 39.0 Å². The normalized spacial score (nSPS) is 30.7. The lowest BCUT2D eigenvalue weighted by molar-refractivity contribution is -0.0549. The number of hydrogen-bond acceptors (Lipinski definition) is 17. The molecule has 9 N–H and O–H groups in total. The predicted octanol–water partition coefficient (Wildman–Crippen LogP) is -2.34. The molecule has 0 saturated carbocycles. The maximum Gasteiger partial charge on any atom is 0.695 e. The van der Waals surface area contributed by atoms with Crippen molar-refractivity contribution in [3.05, 3.63) is 35.0 Å². The minimum atomic E-state index is -5.14. The fourth-order valence-electron chi connectivity index (χ4n) is 5.02.